The number of carbonyl (C=O) groups is 1. The first-order valence-corrected chi connectivity index (χ1v) is 9.56. The molecule has 1 saturated carbocycles. The van der Waals surface area contributed by atoms with Crippen LogP contribution in [0.15, 0.2) is 42.6 Å². The van der Waals surface area contributed by atoms with Gasteiger partial charge in [0.1, 0.15) is 5.82 Å². The molecule has 0 unspecified atom stereocenters. The summed E-state index contributed by atoms with van der Waals surface area (Å²) in [6.45, 7) is 4.32. The highest BCUT2D eigenvalue weighted by atomic mass is 16.6. The number of amides is 1. The van der Waals surface area contributed by atoms with E-state index in [1.54, 1.807) is 18.3 Å². The fourth-order valence-electron chi connectivity index (χ4n) is 3.35. The van der Waals surface area contributed by atoms with Crippen molar-refractivity contribution in [2.24, 2.45) is 5.92 Å². The lowest BCUT2D eigenvalue weighted by Crippen LogP contribution is -2.46. The summed E-state index contributed by atoms with van der Waals surface area (Å²) in [5, 5.41) is 13.7. The van der Waals surface area contributed by atoms with Gasteiger partial charge < -0.3 is 10.2 Å². The summed E-state index contributed by atoms with van der Waals surface area (Å²) in [5.74, 6) is 1.19. The summed E-state index contributed by atoms with van der Waals surface area (Å²) in [6.07, 6.45) is 3.70. The number of carbonyl (C=O) groups excluding carboxylic acids is 1. The second-order valence-corrected chi connectivity index (χ2v) is 7.36. The molecule has 1 saturated heterocycles. The van der Waals surface area contributed by atoms with Crippen LogP contribution in [0.25, 0.3) is 0 Å². The smallest absolute Gasteiger partial charge is 0.269 e. The Kier molecular flexibility index (Phi) is 5.21. The number of pyridine rings is 1. The van der Waals surface area contributed by atoms with Gasteiger partial charge in [-0.25, -0.2) is 4.98 Å². The maximum absolute atomic E-state index is 11.8. The van der Waals surface area contributed by atoms with Gasteiger partial charge in [-0.05, 0) is 30.5 Å². The van der Waals surface area contributed by atoms with Crippen LogP contribution in [-0.2, 0) is 11.3 Å². The van der Waals surface area contributed by atoms with E-state index in [4.69, 9.17) is 0 Å². The molecule has 1 N–H and O–H groups in total. The van der Waals surface area contributed by atoms with E-state index in [2.05, 4.69) is 20.1 Å². The number of non-ortho nitro benzene ring substituents is 1. The number of rotatable bonds is 6. The standard InChI is InChI=1S/C20H23N5O3/c26-20(16-3-4-16)22-17-5-8-19(21-13-17)24-11-9-23(10-12-24)14-15-1-6-18(7-2-15)25(27)28/h1-2,5-8,13,16H,3-4,9-12,14H2,(H,22,26). The van der Waals surface area contributed by atoms with Gasteiger partial charge in [0.25, 0.3) is 5.69 Å². The van der Waals surface area contributed by atoms with Crippen LogP contribution in [0, 0.1) is 16.0 Å². The van der Waals surface area contributed by atoms with Crippen molar-refractivity contribution < 1.29 is 9.72 Å². The average molecular weight is 381 g/mol. The highest BCUT2D eigenvalue weighted by Gasteiger charge is 2.29. The fourth-order valence-corrected chi connectivity index (χ4v) is 3.35. The summed E-state index contributed by atoms with van der Waals surface area (Å²) in [7, 11) is 0. The van der Waals surface area contributed by atoms with E-state index in [-0.39, 0.29) is 22.4 Å². The van der Waals surface area contributed by atoms with Crippen molar-refractivity contribution in [3.05, 3.63) is 58.3 Å². The summed E-state index contributed by atoms with van der Waals surface area (Å²) in [4.78, 5) is 31.2. The largest absolute Gasteiger partial charge is 0.354 e. The predicted molar refractivity (Wildman–Crippen MR) is 106 cm³/mol. The Labute approximate surface area is 163 Å². The minimum absolute atomic E-state index is 0.0920. The molecule has 1 aliphatic carbocycles. The van der Waals surface area contributed by atoms with Crippen LogP contribution in [0.4, 0.5) is 17.2 Å². The van der Waals surface area contributed by atoms with Gasteiger partial charge in [0.15, 0.2) is 0 Å². The van der Waals surface area contributed by atoms with Gasteiger partial charge in [0.05, 0.1) is 16.8 Å². The highest BCUT2D eigenvalue weighted by Crippen LogP contribution is 2.30. The SMILES string of the molecule is O=C(Nc1ccc(N2CCN(Cc3ccc([N+](=O)[O-])cc3)CC2)nc1)C1CC1. The quantitative estimate of drug-likeness (QED) is 0.611. The molecule has 0 atom stereocenters. The molecule has 0 bridgehead atoms. The predicted octanol–water partition coefficient (Wildman–Crippen LogP) is 2.66. The van der Waals surface area contributed by atoms with Crippen molar-refractivity contribution in [2.45, 2.75) is 19.4 Å². The molecule has 0 radical (unpaired) electrons. The molecule has 8 heteroatoms. The monoisotopic (exact) mass is 381 g/mol. The molecule has 2 heterocycles. The van der Waals surface area contributed by atoms with Gasteiger partial charge in [-0.1, -0.05) is 12.1 Å². The highest BCUT2D eigenvalue weighted by molar-refractivity contribution is 5.93. The molecule has 146 valence electrons. The van der Waals surface area contributed by atoms with Crippen molar-refractivity contribution in [1.82, 2.24) is 9.88 Å². The molecule has 28 heavy (non-hydrogen) atoms. The van der Waals surface area contributed by atoms with Crippen molar-refractivity contribution in [2.75, 3.05) is 36.4 Å². The van der Waals surface area contributed by atoms with E-state index >= 15 is 0 Å². The van der Waals surface area contributed by atoms with Crippen LogP contribution in [0.2, 0.25) is 0 Å². The van der Waals surface area contributed by atoms with Crippen molar-refractivity contribution in [1.29, 1.82) is 0 Å². The fraction of sp³-hybridized carbons (Fsp3) is 0.400. The Morgan fingerprint density at radius 2 is 1.82 bits per heavy atom. The number of benzene rings is 1. The number of nitro groups is 1. The number of anilines is 2. The zero-order valence-electron chi connectivity index (χ0n) is 15.6. The first-order valence-electron chi connectivity index (χ1n) is 9.56. The zero-order valence-corrected chi connectivity index (χ0v) is 15.6. The Balaban J connectivity index is 1.27. The van der Waals surface area contributed by atoms with E-state index in [1.165, 1.54) is 0 Å². The van der Waals surface area contributed by atoms with Gasteiger partial charge in [0.2, 0.25) is 5.91 Å². The van der Waals surface area contributed by atoms with E-state index < -0.39 is 0 Å². The molecule has 1 amide bonds. The maximum atomic E-state index is 11.8. The third-order valence-corrected chi connectivity index (χ3v) is 5.21. The van der Waals surface area contributed by atoms with Crippen LogP contribution >= 0.6 is 0 Å². The van der Waals surface area contributed by atoms with Crippen LogP contribution < -0.4 is 10.2 Å². The Morgan fingerprint density at radius 1 is 1.11 bits per heavy atom. The van der Waals surface area contributed by atoms with Gasteiger partial charge in [-0.15, -0.1) is 0 Å². The molecular formula is C20H23N5O3. The summed E-state index contributed by atoms with van der Waals surface area (Å²) < 4.78 is 0. The third-order valence-electron chi connectivity index (χ3n) is 5.21. The summed E-state index contributed by atoms with van der Waals surface area (Å²) in [6, 6.07) is 10.6. The van der Waals surface area contributed by atoms with Crippen LogP contribution in [-0.4, -0.2) is 46.9 Å². The third kappa shape index (κ3) is 4.45. The Hall–Kier alpha value is -3.00. The lowest BCUT2D eigenvalue weighted by molar-refractivity contribution is -0.384. The molecule has 4 rings (SSSR count). The normalized spacial score (nSPS) is 17.4. The van der Waals surface area contributed by atoms with E-state index in [0.717, 1.165) is 62.6 Å². The van der Waals surface area contributed by atoms with Crippen molar-refractivity contribution >= 4 is 23.1 Å². The van der Waals surface area contributed by atoms with Gasteiger partial charge in [0, 0.05) is 50.8 Å². The number of hydrogen-bond acceptors (Lipinski definition) is 6. The Bertz CT molecular complexity index is 841. The molecule has 2 aromatic rings. The van der Waals surface area contributed by atoms with Crippen LogP contribution in [0.5, 0.6) is 0 Å². The van der Waals surface area contributed by atoms with Crippen molar-refractivity contribution in [3.63, 3.8) is 0 Å². The van der Waals surface area contributed by atoms with Gasteiger partial charge >= 0.3 is 0 Å². The average Bonchev–Trinajstić information content (AvgIpc) is 3.55. The second kappa shape index (κ2) is 7.93. The first-order chi connectivity index (χ1) is 13.6. The second-order valence-electron chi connectivity index (χ2n) is 7.36. The lowest BCUT2D eigenvalue weighted by atomic mass is 10.2. The van der Waals surface area contributed by atoms with Crippen molar-refractivity contribution in [3.8, 4) is 0 Å². The van der Waals surface area contributed by atoms with E-state index in [0.29, 0.717) is 0 Å². The number of nitrogens with zero attached hydrogens (tertiary/aromatic N) is 4. The molecule has 1 aromatic heterocycles. The minimum atomic E-state index is -0.377. The number of aromatic nitrogens is 1. The van der Waals surface area contributed by atoms with Crippen LogP contribution in [0.3, 0.4) is 0 Å². The first kappa shape index (κ1) is 18.4. The maximum Gasteiger partial charge on any atom is 0.269 e. The summed E-state index contributed by atoms with van der Waals surface area (Å²) >= 11 is 0. The molecule has 0 spiro atoms. The minimum Gasteiger partial charge on any atom is -0.354 e. The van der Waals surface area contributed by atoms with E-state index in [1.807, 2.05) is 24.3 Å². The lowest BCUT2D eigenvalue weighted by Gasteiger charge is -2.35. The Morgan fingerprint density at radius 3 is 2.39 bits per heavy atom. The number of nitrogens with one attached hydrogen (secondary N) is 1. The zero-order chi connectivity index (χ0) is 19.5. The number of nitro benzene ring substituents is 1. The topological polar surface area (TPSA) is 91.6 Å². The number of piperazine rings is 1. The molecule has 1 aromatic carbocycles. The number of hydrogen-bond donors (Lipinski definition) is 1. The molecule has 2 aliphatic rings. The molecule has 8 nitrogen and oxygen atoms in total. The molecule has 2 fully saturated rings. The molecule has 1 aliphatic heterocycles. The molecular weight excluding hydrogens is 358 g/mol. The van der Waals surface area contributed by atoms with Crippen LogP contribution in [0.1, 0.15) is 18.4 Å². The van der Waals surface area contributed by atoms with E-state index in [9.17, 15) is 14.9 Å². The van der Waals surface area contributed by atoms with Gasteiger partial charge in [-0.2, -0.15) is 0 Å². The summed E-state index contributed by atoms with van der Waals surface area (Å²) in [5.41, 5.74) is 1.95. The van der Waals surface area contributed by atoms with Gasteiger partial charge in [-0.3, -0.25) is 19.8 Å².